The highest BCUT2D eigenvalue weighted by Crippen LogP contribution is 2.32. The van der Waals surface area contributed by atoms with Crippen LogP contribution in [0.1, 0.15) is 11.1 Å². The molecule has 4 rings (SSSR count). The predicted octanol–water partition coefficient (Wildman–Crippen LogP) is 0.627. The van der Waals surface area contributed by atoms with Crippen molar-refractivity contribution in [1.82, 2.24) is 29.9 Å². The van der Waals surface area contributed by atoms with Crippen LogP contribution in [0.4, 0.5) is 0 Å². The molecule has 0 aliphatic carbocycles. The van der Waals surface area contributed by atoms with E-state index in [9.17, 15) is 25.9 Å². The smallest absolute Gasteiger partial charge is 0.295 e. The van der Waals surface area contributed by atoms with Crippen LogP contribution in [0, 0.1) is 0 Å². The Balaban J connectivity index is 1.91. The molecule has 0 aliphatic heterocycles. The molecule has 6 N–H and O–H groups in total. The van der Waals surface area contributed by atoms with E-state index in [0.29, 0.717) is 0 Å². The van der Waals surface area contributed by atoms with Crippen molar-refractivity contribution in [3.8, 4) is 22.8 Å². The number of aromatic nitrogens is 6. The van der Waals surface area contributed by atoms with E-state index in [2.05, 4.69) is 29.9 Å². The van der Waals surface area contributed by atoms with Crippen LogP contribution in [-0.2, 0) is 20.2 Å². The first-order valence-electron chi connectivity index (χ1n) is 9.70. The minimum absolute atomic E-state index is 0.125. The van der Waals surface area contributed by atoms with E-state index < -0.39 is 30.0 Å². The molecule has 0 saturated heterocycles. The standard InChI is InChI=1S/C20H16N8O6S2/c21-17(13-3-1-11(5-15(13)35(29,30)31)19-25-7-23-8-26-19)18(22)14-4-2-12(6-16(14)36(32,33)34)20-27-9-24-10-28-20/h1-10H,21-22H2,(H,29,30,31)(H,32,33,34). The van der Waals surface area contributed by atoms with Crippen LogP contribution in [0.3, 0.4) is 0 Å². The van der Waals surface area contributed by atoms with Crippen LogP contribution in [-0.4, -0.2) is 55.8 Å². The van der Waals surface area contributed by atoms with Crippen molar-refractivity contribution in [3.63, 3.8) is 0 Å². The lowest BCUT2D eigenvalue weighted by atomic mass is 10.0. The van der Waals surface area contributed by atoms with Crippen molar-refractivity contribution in [2.24, 2.45) is 11.5 Å². The Hall–Kier alpha value is -4.38. The van der Waals surface area contributed by atoms with Gasteiger partial charge in [-0.3, -0.25) is 9.11 Å². The highest BCUT2D eigenvalue weighted by molar-refractivity contribution is 7.86. The molecule has 0 atom stereocenters. The van der Waals surface area contributed by atoms with E-state index in [-0.39, 0.29) is 45.3 Å². The van der Waals surface area contributed by atoms with Crippen molar-refractivity contribution in [1.29, 1.82) is 0 Å². The van der Waals surface area contributed by atoms with Gasteiger partial charge in [0.15, 0.2) is 11.6 Å². The van der Waals surface area contributed by atoms with Crippen molar-refractivity contribution in [3.05, 3.63) is 72.8 Å². The predicted molar refractivity (Wildman–Crippen MR) is 125 cm³/mol. The third kappa shape index (κ3) is 5.01. The fraction of sp³-hybridized carbons (Fsp3) is 0. The van der Waals surface area contributed by atoms with Crippen LogP contribution >= 0.6 is 0 Å². The summed E-state index contributed by atoms with van der Waals surface area (Å²) in [7, 11) is -9.67. The zero-order valence-electron chi connectivity index (χ0n) is 18.0. The number of hydrogen-bond acceptors (Lipinski definition) is 12. The zero-order chi connectivity index (χ0) is 26.1. The van der Waals surface area contributed by atoms with Crippen LogP contribution < -0.4 is 11.5 Å². The Morgan fingerprint density at radius 1 is 0.611 bits per heavy atom. The summed E-state index contributed by atoms with van der Waals surface area (Å²) in [5, 5.41) is 0. The summed E-state index contributed by atoms with van der Waals surface area (Å²) in [6, 6.07) is 7.50. The topological polar surface area (TPSA) is 238 Å². The summed E-state index contributed by atoms with van der Waals surface area (Å²) in [4.78, 5) is 21.8. The first-order valence-corrected chi connectivity index (χ1v) is 12.6. The Bertz CT molecular complexity index is 1570. The first kappa shape index (κ1) is 24.7. The number of nitrogens with two attached hydrogens (primary N) is 2. The molecule has 4 aromatic rings. The van der Waals surface area contributed by atoms with Crippen molar-refractivity contribution in [2.75, 3.05) is 0 Å². The first-order chi connectivity index (χ1) is 17.0. The summed E-state index contributed by atoms with van der Waals surface area (Å²) in [5.74, 6) is 0.249. The normalized spacial score (nSPS) is 12.7. The van der Waals surface area contributed by atoms with Crippen LogP contribution in [0.25, 0.3) is 34.2 Å². The lowest BCUT2D eigenvalue weighted by Gasteiger charge is -2.15. The summed E-state index contributed by atoms with van der Waals surface area (Å²) in [6.45, 7) is 0. The molecule has 0 bridgehead atoms. The second-order valence-corrected chi connectivity index (χ2v) is 9.90. The average molecular weight is 529 g/mol. The summed E-state index contributed by atoms with van der Waals surface area (Å²) in [5.41, 5.74) is 11.5. The van der Waals surface area contributed by atoms with Gasteiger partial charge in [-0.05, 0) is 12.1 Å². The van der Waals surface area contributed by atoms with Crippen molar-refractivity contribution < 1.29 is 25.9 Å². The quantitative estimate of drug-likeness (QED) is 0.198. The van der Waals surface area contributed by atoms with Gasteiger partial charge in [0.05, 0.1) is 11.4 Å². The monoisotopic (exact) mass is 528 g/mol. The maximum Gasteiger partial charge on any atom is 0.295 e. The van der Waals surface area contributed by atoms with Crippen LogP contribution in [0.2, 0.25) is 0 Å². The zero-order valence-corrected chi connectivity index (χ0v) is 19.6. The average Bonchev–Trinajstić information content (AvgIpc) is 2.87. The van der Waals surface area contributed by atoms with Gasteiger partial charge < -0.3 is 11.5 Å². The fourth-order valence-electron chi connectivity index (χ4n) is 3.26. The molecule has 0 spiro atoms. The number of hydrogen-bond donors (Lipinski definition) is 4. The van der Waals surface area contributed by atoms with Gasteiger partial charge in [0.1, 0.15) is 35.1 Å². The Morgan fingerprint density at radius 3 is 1.25 bits per heavy atom. The molecule has 2 aromatic heterocycles. The molecule has 184 valence electrons. The lowest BCUT2D eigenvalue weighted by Crippen LogP contribution is -2.14. The van der Waals surface area contributed by atoms with Gasteiger partial charge in [-0.1, -0.05) is 24.3 Å². The molecule has 2 heterocycles. The van der Waals surface area contributed by atoms with E-state index in [1.54, 1.807) is 0 Å². The van der Waals surface area contributed by atoms with Gasteiger partial charge in [0, 0.05) is 22.3 Å². The number of benzene rings is 2. The van der Waals surface area contributed by atoms with Crippen LogP contribution in [0.5, 0.6) is 0 Å². The van der Waals surface area contributed by atoms with Gasteiger partial charge >= 0.3 is 0 Å². The molecule has 14 nitrogen and oxygen atoms in total. The molecule has 0 amide bonds. The van der Waals surface area contributed by atoms with Crippen molar-refractivity contribution >= 4 is 31.6 Å². The Labute approximate surface area is 204 Å². The Kier molecular flexibility index (Phi) is 6.42. The van der Waals surface area contributed by atoms with Gasteiger partial charge in [-0.2, -0.15) is 16.8 Å². The molecular weight excluding hydrogens is 512 g/mol. The van der Waals surface area contributed by atoms with Gasteiger partial charge in [-0.25, -0.2) is 29.9 Å². The van der Waals surface area contributed by atoms with Crippen LogP contribution in [0.15, 0.2) is 71.5 Å². The van der Waals surface area contributed by atoms with E-state index in [1.165, 1.54) is 49.6 Å². The molecule has 0 radical (unpaired) electrons. The maximum atomic E-state index is 12.2. The van der Waals surface area contributed by atoms with Gasteiger partial charge in [-0.15, -0.1) is 0 Å². The van der Waals surface area contributed by atoms with Gasteiger partial charge in [0.2, 0.25) is 0 Å². The summed E-state index contributed by atoms with van der Waals surface area (Å²) in [6.07, 6.45) is 4.81. The Morgan fingerprint density at radius 2 is 0.944 bits per heavy atom. The third-order valence-corrected chi connectivity index (χ3v) is 6.68. The van der Waals surface area contributed by atoms with E-state index >= 15 is 0 Å². The second kappa shape index (κ2) is 9.34. The fourth-order valence-corrected chi connectivity index (χ4v) is 4.73. The van der Waals surface area contributed by atoms with E-state index in [1.807, 2.05) is 0 Å². The maximum absolute atomic E-state index is 12.2. The highest BCUT2D eigenvalue weighted by atomic mass is 32.2. The number of rotatable bonds is 6. The minimum atomic E-state index is -4.84. The minimum Gasteiger partial charge on any atom is -0.397 e. The van der Waals surface area contributed by atoms with E-state index in [0.717, 1.165) is 12.1 Å². The van der Waals surface area contributed by atoms with Crippen molar-refractivity contribution in [2.45, 2.75) is 9.79 Å². The SMILES string of the molecule is NC(=C(N)c1ccc(-c2ncncn2)cc1S(=O)(=O)O)c1ccc(-c2ncncn2)cc1S(=O)(=O)O. The lowest BCUT2D eigenvalue weighted by molar-refractivity contribution is 0.480. The van der Waals surface area contributed by atoms with Gasteiger partial charge in [0.25, 0.3) is 20.2 Å². The molecule has 0 unspecified atom stereocenters. The van der Waals surface area contributed by atoms with E-state index in [4.69, 9.17) is 11.5 Å². The molecule has 2 aromatic carbocycles. The molecule has 16 heteroatoms. The molecule has 36 heavy (non-hydrogen) atoms. The second-order valence-electron chi connectivity index (χ2n) is 7.12. The number of nitrogens with zero attached hydrogens (tertiary/aromatic N) is 6. The largest absolute Gasteiger partial charge is 0.397 e. The molecular formula is C20H16N8O6S2. The molecule has 0 aliphatic rings. The molecule has 0 saturated carbocycles. The third-order valence-electron chi connectivity index (χ3n) is 4.89. The molecule has 0 fully saturated rings. The summed E-state index contributed by atoms with van der Waals surface area (Å²) < 4.78 is 68.3. The highest BCUT2D eigenvalue weighted by Gasteiger charge is 2.24. The summed E-state index contributed by atoms with van der Waals surface area (Å²) >= 11 is 0.